The summed E-state index contributed by atoms with van der Waals surface area (Å²) in [6, 6.07) is 9.22. The van der Waals surface area contributed by atoms with Crippen LogP contribution in [0.1, 0.15) is 24.3 Å². The Morgan fingerprint density at radius 3 is 2.65 bits per heavy atom. The molecule has 0 saturated heterocycles. The molecule has 2 aromatic rings. The molecule has 0 aliphatic carbocycles. The van der Waals surface area contributed by atoms with E-state index in [2.05, 4.69) is 4.98 Å². The van der Waals surface area contributed by atoms with E-state index in [9.17, 15) is 15.0 Å². The second kappa shape index (κ2) is 5.88. The highest BCUT2D eigenvalue weighted by atomic mass is 16.4. The standard InChI is InChI=1S/C15H18N2O3/c1-10(2)17(7-8-18)14-12-6-4-3-5-11(12)9-13(16-14)15(19)20/h3-6,9-10,18H,7-8H2,1-2H3,(H,19,20). The number of aliphatic hydroxyl groups excluding tert-OH is 1. The van der Waals surface area contributed by atoms with Crippen LogP contribution >= 0.6 is 0 Å². The molecule has 0 bridgehead atoms. The number of aromatic carboxylic acids is 1. The maximum absolute atomic E-state index is 11.2. The third kappa shape index (κ3) is 2.72. The number of pyridine rings is 1. The molecule has 0 spiro atoms. The summed E-state index contributed by atoms with van der Waals surface area (Å²) in [5.41, 5.74) is 0.0160. The van der Waals surface area contributed by atoms with Gasteiger partial charge >= 0.3 is 5.97 Å². The first-order valence-corrected chi connectivity index (χ1v) is 6.55. The van der Waals surface area contributed by atoms with E-state index in [-0.39, 0.29) is 18.3 Å². The smallest absolute Gasteiger partial charge is 0.354 e. The van der Waals surface area contributed by atoms with Crippen molar-refractivity contribution in [2.24, 2.45) is 0 Å². The van der Waals surface area contributed by atoms with E-state index in [0.717, 1.165) is 10.8 Å². The fourth-order valence-corrected chi connectivity index (χ4v) is 2.23. The number of fused-ring (bicyclic) bond motifs is 1. The van der Waals surface area contributed by atoms with Gasteiger partial charge < -0.3 is 15.1 Å². The summed E-state index contributed by atoms with van der Waals surface area (Å²) in [6.07, 6.45) is 0. The summed E-state index contributed by atoms with van der Waals surface area (Å²) in [4.78, 5) is 17.4. The molecule has 0 aliphatic heterocycles. The van der Waals surface area contributed by atoms with E-state index < -0.39 is 5.97 Å². The SMILES string of the molecule is CC(C)N(CCO)c1nc(C(=O)O)cc2ccccc12. The number of aromatic nitrogens is 1. The molecule has 2 N–H and O–H groups in total. The number of aliphatic hydroxyl groups is 1. The van der Waals surface area contributed by atoms with Crippen LogP contribution in [-0.2, 0) is 0 Å². The average molecular weight is 274 g/mol. The Morgan fingerprint density at radius 1 is 1.35 bits per heavy atom. The summed E-state index contributed by atoms with van der Waals surface area (Å²) in [5, 5.41) is 20.1. The van der Waals surface area contributed by atoms with Gasteiger partial charge in [0.2, 0.25) is 0 Å². The van der Waals surface area contributed by atoms with Crippen LogP contribution in [-0.4, -0.2) is 40.4 Å². The summed E-state index contributed by atoms with van der Waals surface area (Å²) in [5.74, 6) is -0.450. The molecule has 0 fully saturated rings. The van der Waals surface area contributed by atoms with Gasteiger partial charge in [0.05, 0.1) is 6.61 Å². The van der Waals surface area contributed by atoms with Crippen molar-refractivity contribution < 1.29 is 15.0 Å². The summed E-state index contributed by atoms with van der Waals surface area (Å²) in [7, 11) is 0. The van der Waals surface area contributed by atoms with Gasteiger partial charge in [-0.25, -0.2) is 9.78 Å². The first kappa shape index (κ1) is 14.3. The number of hydrogen-bond acceptors (Lipinski definition) is 4. The van der Waals surface area contributed by atoms with Crippen molar-refractivity contribution in [3.8, 4) is 0 Å². The zero-order valence-electron chi connectivity index (χ0n) is 11.6. The highest BCUT2D eigenvalue weighted by molar-refractivity contribution is 5.98. The van der Waals surface area contributed by atoms with Crippen molar-refractivity contribution in [2.75, 3.05) is 18.1 Å². The first-order valence-electron chi connectivity index (χ1n) is 6.55. The Labute approximate surface area is 117 Å². The van der Waals surface area contributed by atoms with Crippen LogP contribution in [0.3, 0.4) is 0 Å². The van der Waals surface area contributed by atoms with E-state index in [4.69, 9.17) is 0 Å². The van der Waals surface area contributed by atoms with Gasteiger partial charge in [0.25, 0.3) is 0 Å². The maximum Gasteiger partial charge on any atom is 0.354 e. The van der Waals surface area contributed by atoms with E-state index >= 15 is 0 Å². The quantitative estimate of drug-likeness (QED) is 0.873. The van der Waals surface area contributed by atoms with Crippen LogP contribution in [0.5, 0.6) is 0 Å². The van der Waals surface area contributed by atoms with Crippen molar-refractivity contribution >= 4 is 22.6 Å². The maximum atomic E-state index is 11.2. The Morgan fingerprint density at radius 2 is 2.05 bits per heavy atom. The predicted octanol–water partition coefficient (Wildman–Crippen LogP) is 2.14. The number of rotatable bonds is 5. The highest BCUT2D eigenvalue weighted by Gasteiger charge is 2.17. The number of carbonyl (C=O) groups is 1. The third-order valence-electron chi connectivity index (χ3n) is 3.18. The molecule has 0 amide bonds. The molecule has 5 nitrogen and oxygen atoms in total. The predicted molar refractivity (Wildman–Crippen MR) is 78.3 cm³/mol. The zero-order valence-corrected chi connectivity index (χ0v) is 11.6. The molecule has 106 valence electrons. The van der Waals surface area contributed by atoms with Gasteiger partial charge in [-0.1, -0.05) is 24.3 Å². The largest absolute Gasteiger partial charge is 0.477 e. The van der Waals surface area contributed by atoms with Gasteiger partial charge in [-0.3, -0.25) is 0 Å². The van der Waals surface area contributed by atoms with Crippen molar-refractivity contribution in [3.63, 3.8) is 0 Å². The summed E-state index contributed by atoms with van der Waals surface area (Å²) < 4.78 is 0. The van der Waals surface area contributed by atoms with Gasteiger partial charge in [0.15, 0.2) is 5.69 Å². The lowest BCUT2D eigenvalue weighted by Gasteiger charge is -2.28. The lowest BCUT2D eigenvalue weighted by molar-refractivity contribution is 0.0691. The van der Waals surface area contributed by atoms with Crippen LogP contribution in [0.4, 0.5) is 5.82 Å². The van der Waals surface area contributed by atoms with E-state index in [0.29, 0.717) is 12.4 Å². The number of carboxylic acids is 1. The lowest BCUT2D eigenvalue weighted by Crippen LogP contribution is -2.34. The second-order valence-electron chi connectivity index (χ2n) is 4.87. The van der Waals surface area contributed by atoms with Crippen molar-refractivity contribution in [3.05, 3.63) is 36.0 Å². The monoisotopic (exact) mass is 274 g/mol. The molecule has 0 unspecified atom stereocenters. The van der Waals surface area contributed by atoms with Crippen molar-refractivity contribution in [1.82, 2.24) is 4.98 Å². The number of anilines is 1. The first-order chi connectivity index (χ1) is 9.54. The highest BCUT2D eigenvalue weighted by Crippen LogP contribution is 2.27. The van der Waals surface area contributed by atoms with Crippen molar-refractivity contribution in [2.45, 2.75) is 19.9 Å². The molecule has 1 aromatic heterocycles. The summed E-state index contributed by atoms with van der Waals surface area (Å²) in [6.45, 7) is 4.38. The molecule has 0 saturated carbocycles. The van der Waals surface area contributed by atoms with Crippen LogP contribution in [0.2, 0.25) is 0 Å². The molecule has 1 aromatic carbocycles. The number of carboxylic acid groups (broad SMARTS) is 1. The van der Waals surface area contributed by atoms with Gasteiger partial charge in [0, 0.05) is 18.0 Å². The number of nitrogens with zero attached hydrogens (tertiary/aromatic N) is 2. The Kier molecular flexibility index (Phi) is 4.20. The van der Waals surface area contributed by atoms with Crippen LogP contribution in [0, 0.1) is 0 Å². The Balaban J connectivity index is 2.67. The minimum Gasteiger partial charge on any atom is -0.477 e. The van der Waals surface area contributed by atoms with Gasteiger partial charge in [-0.05, 0) is 25.3 Å². The van der Waals surface area contributed by atoms with Crippen LogP contribution in [0.15, 0.2) is 30.3 Å². The van der Waals surface area contributed by atoms with E-state index in [1.54, 1.807) is 6.07 Å². The lowest BCUT2D eigenvalue weighted by atomic mass is 10.1. The minimum absolute atomic E-state index is 0.00845. The fraction of sp³-hybridized carbons (Fsp3) is 0.333. The topological polar surface area (TPSA) is 73.7 Å². The van der Waals surface area contributed by atoms with Crippen molar-refractivity contribution in [1.29, 1.82) is 0 Å². The third-order valence-corrected chi connectivity index (χ3v) is 3.18. The average Bonchev–Trinajstić information content (AvgIpc) is 2.43. The number of hydrogen-bond donors (Lipinski definition) is 2. The van der Waals surface area contributed by atoms with E-state index in [1.165, 1.54) is 0 Å². The molecule has 0 atom stereocenters. The molecule has 5 heteroatoms. The molecular formula is C15H18N2O3. The second-order valence-corrected chi connectivity index (χ2v) is 4.87. The molecular weight excluding hydrogens is 256 g/mol. The van der Waals surface area contributed by atoms with Crippen LogP contribution in [0.25, 0.3) is 10.8 Å². The van der Waals surface area contributed by atoms with Gasteiger partial charge in [0.1, 0.15) is 5.82 Å². The minimum atomic E-state index is -1.05. The molecule has 0 aliphatic rings. The fourth-order valence-electron chi connectivity index (χ4n) is 2.23. The Hall–Kier alpha value is -2.14. The van der Waals surface area contributed by atoms with Gasteiger partial charge in [-0.2, -0.15) is 0 Å². The molecule has 1 heterocycles. The number of benzene rings is 1. The summed E-state index contributed by atoms with van der Waals surface area (Å²) >= 11 is 0. The molecule has 20 heavy (non-hydrogen) atoms. The zero-order chi connectivity index (χ0) is 14.7. The Bertz CT molecular complexity index is 626. The van der Waals surface area contributed by atoms with Gasteiger partial charge in [-0.15, -0.1) is 0 Å². The molecule has 2 rings (SSSR count). The van der Waals surface area contributed by atoms with Crippen LogP contribution < -0.4 is 4.90 Å². The molecule has 0 radical (unpaired) electrons. The van der Waals surface area contributed by atoms with E-state index in [1.807, 2.05) is 43.0 Å². The normalized spacial score (nSPS) is 11.0.